The van der Waals surface area contributed by atoms with Crippen molar-refractivity contribution in [2.45, 2.75) is 26.1 Å². The molecule has 1 heterocycles. The monoisotopic (exact) mass is 410 g/mol. The molecule has 3 rings (SSSR count). The van der Waals surface area contributed by atoms with Crippen LogP contribution >= 0.6 is 0 Å². The number of benzene rings is 2. The van der Waals surface area contributed by atoms with Crippen LogP contribution in [0.4, 0.5) is 5.69 Å². The summed E-state index contributed by atoms with van der Waals surface area (Å²) in [5.74, 6) is 0.861. The van der Waals surface area contributed by atoms with Crippen molar-refractivity contribution in [2.75, 3.05) is 50.8 Å². The number of hydrogen-bond acceptors (Lipinski definition) is 4. The fourth-order valence-electron chi connectivity index (χ4n) is 3.56. The van der Waals surface area contributed by atoms with E-state index in [1.54, 1.807) is 0 Å². The van der Waals surface area contributed by atoms with Crippen molar-refractivity contribution < 1.29 is 9.84 Å². The Bertz CT molecular complexity index is 761. The summed E-state index contributed by atoms with van der Waals surface area (Å²) < 4.78 is 5.83. The van der Waals surface area contributed by atoms with Crippen LogP contribution in [0.3, 0.4) is 0 Å². The van der Waals surface area contributed by atoms with Crippen molar-refractivity contribution >= 4 is 11.6 Å². The molecule has 162 valence electrons. The van der Waals surface area contributed by atoms with Gasteiger partial charge in [-0.2, -0.15) is 0 Å². The lowest BCUT2D eigenvalue weighted by atomic mass is 10.1. The molecule has 2 aromatic carbocycles. The van der Waals surface area contributed by atoms with E-state index in [0.29, 0.717) is 6.54 Å². The van der Waals surface area contributed by atoms with E-state index in [-0.39, 0.29) is 12.7 Å². The molecule has 1 fully saturated rings. The van der Waals surface area contributed by atoms with Gasteiger partial charge in [0.15, 0.2) is 5.96 Å². The van der Waals surface area contributed by atoms with Gasteiger partial charge in [0.05, 0.1) is 25.4 Å². The fraction of sp³-hybridized carbons (Fsp3) is 0.458. The number of anilines is 1. The van der Waals surface area contributed by atoms with E-state index in [0.717, 1.165) is 44.2 Å². The number of nitrogens with zero attached hydrogens (tertiary/aromatic N) is 3. The number of piperazine rings is 1. The number of aliphatic hydroxyl groups is 1. The standard InChI is InChI=1S/C24H34N4O2/c1-3-25-24(28-16-14-27(15-17-28)22-12-8-5-9-13-22)26-18-23(29)19-30-20(2)21-10-6-4-7-11-21/h4-13,20,23,29H,3,14-19H2,1-2H3,(H,25,26). The van der Waals surface area contributed by atoms with Gasteiger partial charge in [0.25, 0.3) is 0 Å². The Labute approximate surface area is 180 Å². The molecule has 0 aromatic heterocycles. The first kappa shape index (κ1) is 22.1. The van der Waals surface area contributed by atoms with Crippen molar-refractivity contribution in [3.8, 4) is 0 Å². The molecule has 2 unspecified atom stereocenters. The Hall–Kier alpha value is -2.57. The Morgan fingerprint density at radius 3 is 2.30 bits per heavy atom. The van der Waals surface area contributed by atoms with E-state index in [1.165, 1.54) is 5.69 Å². The number of aliphatic hydroxyl groups excluding tert-OH is 1. The van der Waals surface area contributed by atoms with Crippen LogP contribution in [0.1, 0.15) is 25.5 Å². The van der Waals surface area contributed by atoms with E-state index >= 15 is 0 Å². The minimum Gasteiger partial charge on any atom is -0.389 e. The van der Waals surface area contributed by atoms with Crippen LogP contribution in [0, 0.1) is 0 Å². The van der Waals surface area contributed by atoms with Gasteiger partial charge in [-0.05, 0) is 31.5 Å². The summed E-state index contributed by atoms with van der Waals surface area (Å²) in [7, 11) is 0. The largest absolute Gasteiger partial charge is 0.389 e. The van der Waals surface area contributed by atoms with Gasteiger partial charge in [-0.3, -0.25) is 4.99 Å². The van der Waals surface area contributed by atoms with Crippen molar-refractivity contribution in [3.05, 3.63) is 66.2 Å². The molecule has 2 atom stereocenters. The first-order valence-electron chi connectivity index (χ1n) is 10.8. The highest BCUT2D eigenvalue weighted by atomic mass is 16.5. The Kier molecular flexibility index (Phi) is 8.53. The molecule has 1 aliphatic rings. The fourth-order valence-corrected chi connectivity index (χ4v) is 3.56. The highest BCUT2D eigenvalue weighted by Crippen LogP contribution is 2.17. The molecule has 1 saturated heterocycles. The average Bonchev–Trinajstić information content (AvgIpc) is 2.81. The molecule has 2 aromatic rings. The van der Waals surface area contributed by atoms with Gasteiger partial charge < -0.3 is 25.0 Å². The molecule has 0 spiro atoms. The third-order valence-corrected chi connectivity index (χ3v) is 5.29. The number of ether oxygens (including phenoxy) is 1. The molecule has 6 nitrogen and oxygen atoms in total. The van der Waals surface area contributed by atoms with Crippen molar-refractivity contribution in [1.29, 1.82) is 0 Å². The lowest BCUT2D eigenvalue weighted by molar-refractivity contribution is 0.00105. The number of nitrogens with one attached hydrogen (secondary N) is 1. The van der Waals surface area contributed by atoms with Gasteiger partial charge in [-0.15, -0.1) is 0 Å². The van der Waals surface area contributed by atoms with E-state index < -0.39 is 6.10 Å². The average molecular weight is 411 g/mol. The summed E-state index contributed by atoms with van der Waals surface area (Å²) >= 11 is 0. The van der Waals surface area contributed by atoms with E-state index in [1.807, 2.05) is 43.3 Å². The predicted octanol–water partition coefficient (Wildman–Crippen LogP) is 2.91. The van der Waals surface area contributed by atoms with Gasteiger partial charge in [0.2, 0.25) is 0 Å². The molecule has 0 bridgehead atoms. The van der Waals surface area contributed by atoms with Crippen LogP contribution in [0.5, 0.6) is 0 Å². The van der Waals surface area contributed by atoms with E-state index in [9.17, 15) is 5.11 Å². The van der Waals surface area contributed by atoms with Crippen molar-refractivity contribution in [2.24, 2.45) is 4.99 Å². The maximum absolute atomic E-state index is 10.4. The van der Waals surface area contributed by atoms with Gasteiger partial charge in [0.1, 0.15) is 0 Å². The lowest BCUT2D eigenvalue weighted by Gasteiger charge is -2.37. The minimum absolute atomic E-state index is 0.0517. The minimum atomic E-state index is -0.629. The maximum atomic E-state index is 10.4. The summed E-state index contributed by atoms with van der Waals surface area (Å²) in [5, 5.41) is 13.7. The van der Waals surface area contributed by atoms with Gasteiger partial charge >= 0.3 is 0 Å². The Morgan fingerprint density at radius 2 is 1.67 bits per heavy atom. The zero-order chi connectivity index (χ0) is 21.2. The normalized spacial score (nSPS) is 17.0. The van der Waals surface area contributed by atoms with Crippen LogP contribution in [0.2, 0.25) is 0 Å². The van der Waals surface area contributed by atoms with E-state index in [4.69, 9.17) is 4.74 Å². The third kappa shape index (κ3) is 6.47. The summed E-state index contributed by atoms with van der Waals surface area (Å²) in [6.45, 7) is 9.16. The highest BCUT2D eigenvalue weighted by Gasteiger charge is 2.20. The topological polar surface area (TPSA) is 60.3 Å². The number of hydrogen-bond donors (Lipinski definition) is 2. The molecule has 1 aliphatic heterocycles. The summed E-state index contributed by atoms with van der Waals surface area (Å²) in [4.78, 5) is 9.33. The first-order chi connectivity index (χ1) is 14.7. The molecule has 0 radical (unpaired) electrons. The molecule has 30 heavy (non-hydrogen) atoms. The van der Waals surface area contributed by atoms with Crippen LogP contribution in [-0.2, 0) is 4.74 Å². The SMILES string of the molecule is CCNC(=NCC(O)COC(C)c1ccccc1)N1CCN(c2ccccc2)CC1. The van der Waals surface area contributed by atoms with Gasteiger partial charge in [-0.1, -0.05) is 48.5 Å². The second-order valence-electron chi connectivity index (χ2n) is 7.54. The molecule has 0 aliphatic carbocycles. The zero-order valence-corrected chi connectivity index (χ0v) is 18.1. The Balaban J connectivity index is 1.48. The first-order valence-corrected chi connectivity index (χ1v) is 10.8. The smallest absolute Gasteiger partial charge is 0.194 e. The van der Waals surface area contributed by atoms with Crippen LogP contribution < -0.4 is 10.2 Å². The number of para-hydroxylation sites is 1. The predicted molar refractivity (Wildman–Crippen MR) is 123 cm³/mol. The van der Waals surface area contributed by atoms with Gasteiger partial charge in [-0.25, -0.2) is 0 Å². The van der Waals surface area contributed by atoms with Crippen molar-refractivity contribution in [3.63, 3.8) is 0 Å². The summed E-state index contributed by atoms with van der Waals surface area (Å²) in [6, 6.07) is 20.6. The van der Waals surface area contributed by atoms with Crippen LogP contribution in [-0.4, -0.2) is 67.9 Å². The molecule has 2 N–H and O–H groups in total. The van der Waals surface area contributed by atoms with Crippen molar-refractivity contribution in [1.82, 2.24) is 10.2 Å². The highest BCUT2D eigenvalue weighted by molar-refractivity contribution is 5.80. The quantitative estimate of drug-likeness (QED) is 0.518. The molecule has 0 amide bonds. The molecular formula is C24H34N4O2. The summed E-state index contributed by atoms with van der Waals surface area (Å²) in [5.41, 5.74) is 2.37. The second kappa shape index (κ2) is 11.6. The number of rotatable bonds is 8. The molecule has 0 saturated carbocycles. The maximum Gasteiger partial charge on any atom is 0.194 e. The lowest BCUT2D eigenvalue weighted by Crippen LogP contribution is -2.52. The van der Waals surface area contributed by atoms with Crippen LogP contribution in [0.25, 0.3) is 0 Å². The number of aliphatic imine (C=N–C) groups is 1. The third-order valence-electron chi connectivity index (χ3n) is 5.29. The van der Waals surface area contributed by atoms with Gasteiger partial charge in [0, 0.05) is 38.4 Å². The zero-order valence-electron chi connectivity index (χ0n) is 18.1. The molecule has 6 heteroatoms. The second-order valence-corrected chi connectivity index (χ2v) is 7.54. The molecular weight excluding hydrogens is 376 g/mol. The van der Waals surface area contributed by atoms with E-state index in [2.05, 4.69) is 51.3 Å². The van der Waals surface area contributed by atoms with Crippen LogP contribution in [0.15, 0.2) is 65.7 Å². The Morgan fingerprint density at radius 1 is 1.03 bits per heavy atom. The summed E-state index contributed by atoms with van der Waals surface area (Å²) in [6.07, 6.45) is -0.681. The number of guanidine groups is 1.